The zero-order valence-corrected chi connectivity index (χ0v) is 13.6. The monoisotopic (exact) mass is 350 g/mol. The van der Waals surface area contributed by atoms with E-state index < -0.39 is 28.9 Å². The second kappa shape index (κ2) is 7.08. The minimum atomic E-state index is -1.69. The van der Waals surface area contributed by atoms with Gasteiger partial charge < -0.3 is 10.2 Å². The number of carbonyl (C=O) groups is 1. The van der Waals surface area contributed by atoms with Gasteiger partial charge in [0.25, 0.3) is 5.91 Å². The van der Waals surface area contributed by atoms with Gasteiger partial charge in [-0.1, -0.05) is 6.92 Å². The molecule has 0 radical (unpaired) electrons. The highest BCUT2D eigenvalue weighted by atomic mass is 19.2. The number of halogens is 3. The fraction of sp³-hybridized carbons (Fsp3) is 0.353. The number of aromatic nitrogens is 2. The average Bonchev–Trinajstić information content (AvgIpc) is 2.61. The standard InChI is InChI=1S/C17H17F3N4O/c1-10-6-8-24(9-7-10)14-5-4-13(22-23-14)21-17(25)11-2-3-12(18)16(20)15(11)19/h2-5,10H,6-9H2,1H3,(H,21,22,25). The molecule has 1 aliphatic heterocycles. The van der Waals surface area contributed by atoms with Crippen LogP contribution in [-0.4, -0.2) is 29.2 Å². The topological polar surface area (TPSA) is 58.1 Å². The summed E-state index contributed by atoms with van der Waals surface area (Å²) in [5.74, 6) is -4.02. The molecule has 1 amide bonds. The lowest BCUT2D eigenvalue weighted by Gasteiger charge is -2.30. The number of benzene rings is 1. The fourth-order valence-electron chi connectivity index (χ4n) is 2.68. The highest BCUT2D eigenvalue weighted by Gasteiger charge is 2.20. The zero-order chi connectivity index (χ0) is 18.0. The van der Waals surface area contributed by atoms with E-state index in [1.807, 2.05) is 0 Å². The summed E-state index contributed by atoms with van der Waals surface area (Å²) in [5.41, 5.74) is -0.602. The lowest BCUT2D eigenvalue weighted by Crippen LogP contribution is -2.33. The predicted molar refractivity (Wildman–Crippen MR) is 86.9 cm³/mol. The minimum absolute atomic E-state index is 0.100. The third-order valence-corrected chi connectivity index (χ3v) is 4.28. The van der Waals surface area contributed by atoms with Crippen LogP contribution in [0.15, 0.2) is 24.3 Å². The summed E-state index contributed by atoms with van der Waals surface area (Å²) in [6.45, 7) is 3.99. The van der Waals surface area contributed by atoms with Crippen molar-refractivity contribution in [1.82, 2.24) is 10.2 Å². The Morgan fingerprint density at radius 2 is 1.80 bits per heavy atom. The Morgan fingerprint density at radius 3 is 2.44 bits per heavy atom. The molecule has 1 saturated heterocycles. The van der Waals surface area contributed by atoms with Crippen molar-refractivity contribution >= 4 is 17.5 Å². The van der Waals surface area contributed by atoms with E-state index in [-0.39, 0.29) is 5.82 Å². The summed E-state index contributed by atoms with van der Waals surface area (Å²) < 4.78 is 39.8. The highest BCUT2D eigenvalue weighted by molar-refractivity contribution is 6.03. The maximum Gasteiger partial charge on any atom is 0.259 e. The van der Waals surface area contributed by atoms with Gasteiger partial charge in [-0.2, -0.15) is 0 Å². The molecule has 1 aromatic carbocycles. The third kappa shape index (κ3) is 3.72. The molecule has 132 valence electrons. The average molecular weight is 350 g/mol. The van der Waals surface area contributed by atoms with Crippen molar-refractivity contribution in [1.29, 1.82) is 0 Å². The van der Waals surface area contributed by atoms with Crippen LogP contribution >= 0.6 is 0 Å². The Labute approximate surface area is 142 Å². The minimum Gasteiger partial charge on any atom is -0.355 e. The third-order valence-electron chi connectivity index (χ3n) is 4.28. The van der Waals surface area contributed by atoms with Gasteiger partial charge in [-0.15, -0.1) is 10.2 Å². The zero-order valence-electron chi connectivity index (χ0n) is 13.6. The van der Waals surface area contributed by atoms with Crippen molar-refractivity contribution in [3.63, 3.8) is 0 Å². The first kappa shape index (κ1) is 17.2. The number of hydrogen-bond acceptors (Lipinski definition) is 4. The molecule has 1 aliphatic rings. The summed E-state index contributed by atoms with van der Waals surface area (Å²) in [4.78, 5) is 14.1. The van der Waals surface area contributed by atoms with Gasteiger partial charge in [0.2, 0.25) is 0 Å². The van der Waals surface area contributed by atoms with Crippen LogP contribution in [-0.2, 0) is 0 Å². The Bertz CT molecular complexity index is 774. The Morgan fingerprint density at radius 1 is 1.08 bits per heavy atom. The lowest BCUT2D eigenvalue weighted by molar-refractivity contribution is 0.102. The summed E-state index contributed by atoms with van der Waals surface area (Å²) >= 11 is 0. The molecule has 0 atom stereocenters. The first-order valence-electron chi connectivity index (χ1n) is 7.99. The number of hydrogen-bond donors (Lipinski definition) is 1. The van der Waals surface area contributed by atoms with E-state index in [9.17, 15) is 18.0 Å². The first-order chi connectivity index (χ1) is 12.0. The van der Waals surface area contributed by atoms with Crippen LogP contribution in [0.5, 0.6) is 0 Å². The van der Waals surface area contributed by atoms with Crippen LogP contribution in [0, 0.1) is 23.4 Å². The number of carbonyl (C=O) groups excluding carboxylic acids is 1. The quantitative estimate of drug-likeness (QED) is 0.862. The largest absolute Gasteiger partial charge is 0.355 e. The maximum atomic E-state index is 13.6. The van der Waals surface area contributed by atoms with Crippen molar-refractivity contribution in [3.05, 3.63) is 47.3 Å². The van der Waals surface area contributed by atoms with Crippen molar-refractivity contribution in [2.45, 2.75) is 19.8 Å². The summed E-state index contributed by atoms with van der Waals surface area (Å²) in [6.07, 6.45) is 2.16. The second-order valence-electron chi connectivity index (χ2n) is 6.12. The van der Waals surface area contributed by atoms with Gasteiger partial charge in [0.15, 0.2) is 29.1 Å². The maximum absolute atomic E-state index is 13.6. The molecule has 2 heterocycles. The Hall–Kier alpha value is -2.64. The normalized spacial score (nSPS) is 15.3. The van der Waals surface area contributed by atoms with Crippen LogP contribution in [0.4, 0.5) is 24.8 Å². The molecule has 0 spiro atoms. The van der Waals surface area contributed by atoms with Crippen LogP contribution < -0.4 is 10.2 Å². The van der Waals surface area contributed by atoms with Crippen molar-refractivity contribution in [2.75, 3.05) is 23.3 Å². The van der Waals surface area contributed by atoms with E-state index in [1.165, 1.54) is 6.07 Å². The number of piperidine rings is 1. The molecule has 0 bridgehead atoms. The van der Waals surface area contributed by atoms with Crippen LogP contribution in [0.3, 0.4) is 0 Å². The number of amides is 1. The van der Waals surface area contributed by atoms with Gasteiger partial charge in [0.05, 0.1) is 5.56 Å². The number of nitrogens with one attached hydrogen (secondary N) is 1. The van der Waals surface area contributed by atoms with Gasteiger partial charge in [0.1, 0.15) is 0 Å². The van der Waals surface area contributed by atoms with E-state index >= 15 is 0 Å². The molecular weight excluding hydrogens is 333 g/mol. The van der Waals surface area contributed by atoms with Crippen LogP contribution in [0.25, 0.3) is 0 Å². The number of nitrogens with zero attached hydrogens (tertiary/aromatic N) is 3. The fourth-order valence-corrected chi connectivity index (χ4v) is 2.68. The van der Waals surface area contributed by atoms with Crippen molar-refractivity contribution in [2.24, 2.45) is 5.92 Å². The van der Waals surface area contributed by atoms with E-state index in [1.54, 1.807) is 6.07 Å². The van der Waals surface area contributed by atoms with Crippen molar-refractivity contribution < 1.29 is 18.0 Å². The molecule has 0 aliphatic carbocycles. The molecular formula is C17H17F3N4O. The van der Waals surface area contributed by atoms with Crippen LogP contribution in [0.1, 0.15) is 30.1 Å². The number of anilines is 2. The molecule has 8 heteroatoms. The molecule has 25 heavy (non-hydrogen) atoms. The van der Waals surface area contributed by atoms with Crippen molar-refractivity contribution in [3.8, 4) is 0 Å². The first-order valence-corrected chi connectivity index (χ1v) is 7.99. The molecule has 3 rings (SSSR count). The summed E-state index contributed by atoms with van der Waals surface area (Å²) in [7, 11) is 0. The Balaban J connectivity index is 1.69. The van der Waals surface area contributed by atoms with E-state index in [0.717, 1.165) is 32.0 Å². The van der Waals surface area contributed by atoms with Gasteiger partial charge in [-0.25, -0.2) is 13.2 Å². The van der Waals surface area contributed by atoms with Gasteiger partial charge in [-0.3, -0.25) is 4.79 Å². The summed E-state index contributed by atoms with van der Waals surface area (Å²) in [5, 5.41) is 10.3. The lowest BCUT2D eigenvalue weighted by atomic mass is 9.99. The predicted octanol–water partition coefficient (Wildman–Crippen LogP) is 3.38. The van der Waals surface area contributed by atoms with Gasteiger partial charge >= 0.3 is 0 Å². The van der Waals surface area contributed by atoms with E-state index in [2.05, 4.69) is 27.3 Å². The highest BCUT2D eigenvalue weighted by Crippen LogP contribution is 2.21. The molecule has 0 saturated carbocycles. The van der Waals surface area contributed by atoms with Crippen LogP contribution in [0.2, 0.25) is 0 Å². The van der Waals surface area contributed by atoms with Gasteiger partial charge in [0, 0.05) is 13.1 Å². The molecule has 1 fully saturated rings. The van der Waals surface area contributed by atoms with E-state index in [0.29, 0.717) is 17.8 Å². The van der Waals surface area contributed by atoms with Gasteiger partial charge in [-0.05, 0) is 43.0 Å². The smallest absolute Gasteiger partial charge is 0.259 e. The Kier molecular flexibility index (Phi) is 4.87. The summed E-state index contributed by atoms with van der Waals surface area (Å²) in [6, 6.07) is 4.81. The second-order valence-corrected chi connectivity index (χ2v) is 6.12. The molecule has 2 aromatic rings. The molecule has 1 N–H and O–H groups in total. The molecule has 5 nitrogen and oxygen atoms in total. The number of rotatable bonds is 3. The molecule has 0 unspecified atom stereocenters. The van der Waals surface area contributed by atoms with E-state index in [4.69, 9.17) is 0 Å². The SMILES string of the molecule is CC1CCN(c2ccc(NC(=O)c3ccc(F)c(F)c3F)nn2)CC1. The molecule has 1 aromatic heterocycles.